The summed E-state index contributed by atoms with van der Waals surface area (Å²) in [5.74, 6) is 0.751. The van der Waals surface area contributed by atoms with Crippen molar-refractivity contribution in [2.24, 2.45) is 0 Å². The third kappa shape index (κ3) is 8.77. The molecule has 0 unspecified atom stereocenters. The van der Waals surface area contributed by atoms with Crippen LogP contribution >= 0.6 is 15.8 Å². The Morgan fingerprint density at radius 2 is 0.711 bits per heavy atom. The molecule has 0 heterocycles. The Labute approximate surface area is 283 Å². The summed E-state index contributed by atoms with van der Waals surface area (Å²) in [7, 11) is 1.31. The minimum absolute atomic E-state index is 0. The van der Waals surface area contributed by atoms with Crippen molar-refractivity contribution in [1.82, 2.24) is 0 Å². The smallest absolute Gasteiger partial charge is 0.469 e. The molecular formula is C38H32O4P2Ru+2. The van der Waals surface area contributed by atoms with Crippen LogP contribution in [-0.4, -0.2) is 26.2 Å². The molecule has 45 heavy (non-hydrogen) atoms. The second kappa shape index (κ2) is 17.9. The van der Waals surface area contributed by atoms with E-state index in [1.165, 1.54) is 35.4 Å². The molecule has 2 aliphatic rings. The van der Waals surface area contributed by atoms with Gasteiger partial charge in [0.2, 0.25) is 0 Å². The molecule has 2 fully saturated rings. The second-order valence-corrected chi connectivity index (χ2v) is 14.0. The summed E-state index contributed by atoms with van der Waals surface area (Å²) in [6.45, 7) is 0. The number of ether oxygens (including phenoxy) is 2. The van der Waals surface area contributed by atoms with Gasteiger partial charge in [-0.3, -0.25) is 9.59 Å². The Kier molecular flexibility index (Phi) is 13.9. The van der Waals surface area contributed by atoms with Crippen molar-refractivity contribution >= 4 is 49.0 Å². The Morgan fingerprint density at radius 1 is 0.444 bits per heavy atom. The summed E-state index contributed by atoms with van der Waals surface area (Å²) in [6, 6.07) is 41.3. The maximum Gasteiger partial charge on any atom is 2.00 e. The van der Waals surface area contributed by atoms with Gasteiger partial charge in [0, 0.05) is 11.3 Å². The van der Waals surface area contributed by atoms with Gasteiger partial charge in [-0.2, -0.15) is 0 Å². The first-order valence-corrected chi connectivity index (χ1v) is 16.8. The molecule has 4 nitrogen and oxygen atoms in total. The fraction of sp³-hybridized carbons (Fsp3) is 0.0526. The minimum Gasteiger partial charge on any atom is -0.469 e. The minimum atomic E-state index is -0.769. The maximum atomic E-state index is 12.1. The third-order valence-corrected chi connectivity index (χ3v) is 11.9. The van der Waals surface area contributed by atoms with Crippen molar-refractivity contribution in [3.63, 3.8) is 0 Å². The van der Waals surface area contributed by atoms with E-state index in [-0.39, 0.29) is 31.4 Å². The molecule has 4 aromatic rings. The van der Waals surface area contributed by atoms with Gasteiger partial charge in [0.05, 0.1) is 14.2 Å². The van der Waals surface area contributed by atoms with Crippen LogP contribution in [0.1, 0.15) is 0 Å². The molecule has 0 N–H and O–H groups in total. The Hall–Kier alpha value is -2.70. The van der Waals surface area contributed by atoms with Gasteiger partial charge in [0.25, 0.3) is 0 Å². The summed E-state index contributed by atoms with van der Waals surface area (Å²) in [4.78, 5) is 24.1. The number of carbonyl (C=O) groups excluding carboxylic acids is 2. The van der Waals surface area contributed by atoms with Crippen LogP contribution in [0, 0.1) is 61.7 Å². The van der Waals surface area contributed by atoms with Crippen LogP contribution in [0.3, 0.4) is 0 Å². The van der Waals surface area contributed by atoms with Crippen molar-refractivity contribution in [2.75, 3.05) is 14.2 Å². The van der Waals surface area contributed by atoms with Gasteiger partial charge in [-0.15, -0.1) is 0 Å². The molecule has 7 heteroatoms. The van der Waals surface area contributed by atoms with E-state index < -0.39 is 15.8 Å². The van der Waals surface area contributed by atoms with Crippen molar-refractivity contribution in [3.8, 4) is 0 Å². The van der Waals surface area contributed by atoms with Crippen molar-refractivity contribution in [3.05, 3.63) is 183 Å². The van der Waals surface area contributed by atoms with Crippen LogP contribution < -0.4 is 21.2 Å². The van der Waals surface area contributed by atoms with E-state index in [1.807, 2.05) is 111 Å². The van der Waals surface area contributed by atoms with E-state index in [4.69, 9.17) is 9.47 Å². The fourth-order valence-corrected chi connectivity index (χ4v) is 9.81. The largest absolute Gasteiger partial charge is 2.00 e. The molecule has 0 aliphatic heterocycles. The maximum absolute atomic E-state index is 12.1. The van der Waals surface area contributed by atoms with Gasteiger partial charge in [-0.1, -0.05) is 121 Å². The summed E-state index contributed by atoms with van der Waals surface area (Å²) in [5.41, 5.74) is 2.08. The van der Waals surface area contributed by atoms with Gasteiger partial charge < -0.3 is 9.47 Å². The van der Waals surface area contributed by atoms with Crippen LogP contribution in [-0.2, 0) is 38.5 Å². The molecule has 0 atom stereocenters. The number of carbonyl (C=O) groups is 2. The van der Waals surface area contributed by atoms with Crippen LogP contribution in [0.15, 0.2) is 121 Å². The number of esters is 2. The van der Waals surface area contributed by atoms with Crippen molar-refractivity contribution in [2.45, 2.75) is 0 Å². The van der Waals surface area contributed by atoms with E-state index in [2.05, 4.69) is 48.5 Å². The van der Waals surface area contributed by atoms with Gasteiger partial charge in [0.15, 0.2) is 0 Å². The molecule has 4 aromatic carbocycles. The van der Waals surface area contributed by atoms with Crippen LogP contribution in [0.5, 0.6) is 0 Å². The molecule has 0 bridgehead atoms. The molecule has 2 aliphatic carbocycles. The van der Waals surface area contributed by atoms with Crippen molar-refractivity contribution in [1.29, 1.82) is 0 Å². The summed E-state index contributed by atoms with van der Waals surface area (Å²) >= 11 is 0. The fourth-order valence-electron chi connectivity index (χ4n) is 4.94. The quantitative estimate of drug-likeness (QED) is 0.127. The number of rotatable bonds is 8. The average molecular weight is 716 g/mol. The predicted octanol–water partition coefficient (Wildman–Crippen LogP) is 6.05. The summed E-state index contributed by atoms with van der Waals surface area (Å²) in [6.07, 6.45) is 11.6. The number of benzene rings is 4. The van der Waals surface area contributed by atoms with Crippen LogP contribution in [0.2, 0.25) is 0 Å². The molecule has 0 amide bonds. The molecule has 0 saturated heterocycles. The first-order valence-electron chi connectivity index (χ1n) is 14.1. The zero-order valence-corrected chi connectivity index (χ0v) is 28.4. The predicted molar refractivity (Wildman–Crippen MR) is 181 cm³/mol. The Morgan fingerprint density at radius 3 is 0.956 bits per heavy atom. The molecule has 6 rings (SSSR count). The summed E-state index contributed by atoms with van der Waals surface area (Å²) < 4.78 is 9.86. The first kappa shape index (κ1) is 35.2. The number of methoxy groups -OCH3 is 2. The van der Waals surface area contributed by atoms with E-state index in [0.29, 0.717) is 11.8 Å². The van der Waals surface area contributed by atoms with Gasteiger partial charge >= 0.3 is 31.4 Å². The first-order chi connectivity index (χ1) is 21.6. The van der Waals surface area contributed by atoms with Gasteiger partial charge in [-0.25, -0.2) is 0 Å². The topological polar surface area (TPSA) is 52.6 Å². The van der Waals surface area contributed by atoms with Crippen LogP contribution in [0.4, 0.5) is 0 Å². The van der Waals surface area contributed by atoms with E-state index in [0.717, 1.165) is 11.3 Å². The average Bonchev–Trinajstić information content (AvgIpc) is 3.77. The number of hydrogen-bond donors (Lipinski definition) is 0. The normalized spacial score (nSPS) is 15.7. The molecule has 0 spiro atoms. The third-order valence-electron chi connectivity index (χ3n) is 6.94. The van der Waals surface area contributed by atoms with E-state index in [9.17, 15) is 9.59 Å². The van der Waals surface area contributed by atoms with E-state index >= 15 is 0 Å². The second-order valence-electron chi connectivity index (χ2n) is 9.65. The molecule has 224 valence electrons. The zero-order valence-electron chi connectivity index (χ0n) is 24.9. The van der Waals surface area contributed by atoms with Crippen LogP contribution in [0.25, 0.3) is 0 Å². The van der Waals surface area contributed by atoms with Gasteiger partial charge in [0.1, 0.15) is 11.8 Å². The van der Waals surface area contributed by atoms with E-state index in [1.54, 1.807) is 0 Å². The zero-order chi connectivity index (χ0) is 30.7. The van der Waals surface area contributed by atoms with Gasteiger partial charge in [-0.05, 0) is 75.6 Å². The Bertz CT molecular complexity index is 1260. The Balaban J connectivity index is 0.000000200. The SMILES string of the molecule is COC(=O)[C]1[CH][CH][CH][C]1P(c1ccccc1)c1ccccc1.COC(=O)[C]1[CH][CH][CH][C]1P(c1ccccc1)c1ccccc1.[Ru+2]. The monoisotopic (exact) mass is 716 g/mol. The molecule has 10 radical (unpaired) electrons. The number of hydrogen-bond acceptors (Lipinski definition) is 4. The summed E-state index contributed by atoms with van der Waals surface area (Å²) in [5, 5.41) is 4.89. The molecule has 2 saturated carbocycles. The standard InChI is InChI=1S/2C19H16O2P.Ru/c2*1-21-19(20)17-13-8-14-18(17)22(15-9-4-2-5-10-15)16-11-6-3-7-12-16;/h2*2-14H,1H3;/q;;+2. The molecular weight excluding hydrogens is 683 g/mol. The molecule has 0 aromatic heterocycles. The van der Waals surface area contributed by atoms with Crippen molar-refractivity contribution < 1.29 is 38.5 Å².